The highest BCUT2D eigenvalue weighted by atomic mass is 16.1. The summed E-state index contributed by atoms with van der Waals surface area (Å²) in [6.07, 6.45) is 1.74. The van der Waals surface area contributed by atoms with Crippen molar-refractivity contribution in [3.63, 3.8) is 0 Å². The van der Waals surface area contributed by atoms with Crippen LogP contribution < -0.4 is 0 Å². The summed E-state index contributed by atoms with van der Waals surface area (Å²) >= 11 is 0. The minimum atomic E-state index is -0.152. The molecule has 0 fully saturated rings. The molecule has 0 unspecified atom stereocenters. The third-order valence-corrected chi connectivity index (χ3v) is 2.78. The van der Waals surface area contributed by atoms with Crippen molar-refractivity contribution in [2.24, 2.45) is 7.05 Å². The van der Waals surface area contributed by atoms with Gasteiger partial charge >= 0.3 is 0 Å². The number of para-hydroxylation sites is 1. The Morgan fingerprint density at radius 2 is 1.89 bits per heavy atom. The van der Waals surface area contributed by atoms with Crippen molar-refractivity contribution < 1.29 is 4.79 Å². The fraction of sp³-hybridized carbons (Fsp3) is 0.0714. The van der Waals surface area contributed by atoms with Crippen molar-refractivity contribution in [2.75, 3.05) is 0 Å². The molecular weight excluding hydrogens is 226 g/mol. The van der Waals surface area contributed by atoms with E-state index in [1.807, 2.05) is 30.3 Å². The summed E-state index contributed by atoms with van der Waals surface area (Å²) in [7, 11) is 1.78. The summed E-state index contributed by atoms with van der Waals surface area (Å²) in [5.74, 6) is -0.152. The third kappa shape index (κ3) is 1.78. The molecule has 3 aromatic rings. The molecule has 0 aliphatic heterocycles. The van der Waals surface area contributed by atoms with Gasteiger partial charge in [0.2, 0.25) is 5.78 Å². The molecule has 0 saturated heterocycles. The minimum absolute atomic E-state index is 0.152. The number of nitrogens with zero attached hydrogens (tertiary/aromatic N) is 3. The molecule has 0 radical (unpaired) electrons. The molecule has 1 aromatic carbocycles. The molecule has 2 heterocycles. The van der Waals surface area contributed by atoms with Gasteiger partial charge in [0, 0.05) is 18.6 Å². The number of hydrogen-bond donors (Lipinski definition) is 0. The Bertz CT molecular complexity index is 730. The Labute approximate surface area is 104 Å². The molecule has 0 spiro atoms. The Hall–Kier alpha value is -2.49. The highest BCUT2D eigenvalue weighted by molar-refractivity contribution is 6.07. The van der Waals surface area contributed by atoms with Gasteiger partial charge in [0.05, 0.1) is 5.52 Å². The van der Waals surface area contributed by atoms with Gasteiger partial charge in [0.25, 0.3) is 0 Å². The van der Waals surface area contributed by atoms with Crippen molar-refractivity contribution >= 4 is 16.7 Å². The van der Waals surface area contributed by atoms with E-state index in [1.165, 1.54) is 0 Å². The smallest absolute Gasteiger partial charge is 0.231 e. The molecular formula is C14H11N3O. The molecule has 0 atom stereocenters. The molecule has 0 N–H and O–H groups in total. The highest BCUT2D eigenvalue weighted by Crippen LogP contribution is 2.13. The second kappa shape index (κ2) is 4.07. The SMILES string of the molecule is Cn1ccc(C(=O)c2ccc3ccccc3n2)n1. The summed E-state index contributed by atoms with van der Waals surface area (Å²) in [4.78, 5) is 16.5. The van der Waals surface area contributed by atoms with Crippen LogP contribution >= 0.6 is 0 Å². The summed E-state index contributed by atoms with van der Waals surface area (Å²) < 4.78 is 1.61. The molecule has 3 rings (SSSR count). The van der Waals surface area contributed by atoms with Crippen LogP contribution in [0.4, 0.5) is 0 Å². The van der Waals surface area contributed by atoms with E-state index < -0.39 is 0 Å². The lowest BCUT2D eigenvalue weighted by Crippen LogP contribution is -2.05. The van der Waals surface area contributed by atoms with Gasteiger partial charge in [-0.15, -0.1) is 0 Å². The van der Waals surface area contributed by atoms with Gasteiger partial charge in [-0.3, -0.25) is 9.48 Å². The third-order valence-electron chi connectivity index (χ3n) is 2.78. The van der Waals surface area contributed by atoms with E-state index in [4.69, 9.17) is 0 Å². The van der Waals surface area contributed by atoms with Crippen LogP contribution in [0.1, 0.15) is 16.2 Å². The summed E-state index contributed by atoms with van der Waals surface area (Å²) in [5.41, 5.74) is 1.66. The first-order chi connectivity index (χ1) is 8.74. The maximum Gasteiger partial charge on any atom is 0.231 e. The van der Waals surface area contributed by atoms with Crippen LogP contribution in [0.2, 0.25) is 0 Å². The monoisotopic (exact) mass is 237 g/mol. The van der Waals surface area contributed by atoms with Gasteiger partial charge in [0.1, 0.15) is 11.4 Å². The molecule has 0 amide bonds. The number of rotatable bonds is 2. The first kappa shape index (κ1) is 10.7. The number of ketones is 1. The van der Waals surface area contributed by atoms with Crippen LogP contribution in [0.15, 0.2) is 48.7 Å². The zero-order chi connectivity index (χ0) is 12.5. The Morgan fingerprint density at radius 1 is 1.06 bits per heavy atom. The van der Waals surface area contributed by atoms with Gasteiger partial charge in [-0.05, 0) is 18.2 Å². The fourth-order valence-electron chi connectivity index (χ4n) is 1.86. The zero-order valence-electron chi connectivity index (χ0n) is 9.87. The van der Waals surface area contributed by atoms with Crippen LogP contribution in [0.3, 0.4) is 0 Å². The number of hydrogen-bond acceptors (Lipinski definition) is 3. The maximum absolute atomic E-state index is 12.2. The number of aromatic nitrogens is 3. The summed E-state index contributed by atoms with van der Waals surface area (Å²) in [5, 5.41) is 5.12. The quantitative estimate of drug-likeness (QED) is 0.642. The Kier molecular flexibility index (Phi) is 2.41. The molecule has 0 aliphatic rings. The van der Waals surface area contributed by atoms with Gasteiger partial charge in [-0.2, -0.15) is 5.10 Å². The number of pyridine rings is 1. The zero-order valence-corrected chi connectivity index (χ0v) is 9.87. The Balaban J connectivity index is 2.06. The van der Waals surface area contributed by atoms with Crippen molar-refractivity contribution in [2.45, 2.75) is 0 Å². The average molecular weight is 237 g/mol. The van der Waals surface area contributed by atoms with Crippen molar-refractivity contribution in [1.82, 2.24) is 14.8 Å². The molecule has 0 bridgehead atoms. The number of aryl methyl sites for hydroxylation is 1. The first-order valence-electron chi connectivity index (χ1n) is 5.64. The van der Waals surface area contributed by atoms with E-state index in [-0.39, 0.29) is 5.78 Å². The van der Waals surface area contributed by atoms with Crippen LogP contribution in [0, 0.1) is 0 Å². The number of benzene rings is 1. The van der Waals surface area contributed by atoms with Gasteiger partial charge < -0.3 is 0 Å². The van der Waals surface area contributed by atoms with Crippen LogP contribution in [0.5, 0.6) is 0 Å². The fourth-order valence-corrected chi connectivity index (χ4v) is 1.86. The number of fused-ring (bicyclic) bond motifs is 1. The van der Waals surface area contributed by atoms with Crippen LogP contribution in [-0.4, -0.2) is 20.5 Å². The molecule has 0 aliphatic carbocycles. The number of carbonyl (C=O) groups is 1. The normalized spacial score (nSPS) is 10.7. The lowest BCUT2D eigenvalue weighted by Gasteiger charge is -2.00. The summed E-state index contributed by atoms with van der Waals surface area (Å²) in [6.45, 7) is 0. The molecule has 4 nitrogen and oxygen atoms in total. The van der Waals surface area contributed by atoms with E-state index in [0.29, 0.717) is 11.4 Å². The maximum atomic E-state index is 12.2. The predicted octanol–water partition coefficient (Wildman–Crippen LogP) is 2.20. The first-order valence-corrected chi connectivity index (χ1v) is 5.64. The second-order valence-corrected chi connectivity index (χ2v) is 4.09. The van der Waals surface area contributed by atoms with Crippen molar-refractivity contribution in [3.8, 4) is 0 Å². The average Bonchev–Trinajstić information content (AvgIpc) is 2.84. The van der Waals surface area contributed by atoms with Crippen LogP contribution in [0.25, 0.3) is 10.9 Å². The van der Waals surface area contributed by atoms with E-state index >= 15 is 0 Å². The van der Waals surface area contributed by atoms with E-state index in [9.17, 15) is 4.79 Å². The van der Waals surface area contributed by atoms with E-state index in [0.717, 1.165) is 10.9 Å². The predicted molar refractivity (Wildman–Crippen MR) is 68.4 cm³/mol. The van der Waals surface area contributed by atoms with Gasteiger partial charge in [0.15, 0.2) is 0 Å². The molecule has 4 heteroatoms. The number of carbonyl (C=O) groups excluding carboxylic acids is 1. The standard InChI is InChI=1S/C14H11N3O/c1-17-9-8-13(16-17)14(18)12-7-6-10-4-2-3-5-11(10)15-12/h2-9H,1H3. The molecule has 88 valence electrons. The van der Waals surface area contributed by atoms with Crippen molar-refractivity contribution in [1.29, 1.82) is 0 Å². The Morgan fingerprint density at radius 3 is 2.67 bits per heavy atom. The van der Waals surface area contributed by atoms with E-state index in [1.54, 1.807) is 30.1 Å². The largest absolute Gasteiger partial charge is 0.285 e. The van der Waals surface area contributed by atoms with Crippen molar-refractivity contribution in [3.05, 3.63) is 60.0 Å². The minimum Gasteiger partial charge on any atom is -0.285 e. The lowest BCUT2D eigenvalue weighted by atomic mass is 10.1. The highest BCUT2D eigenvalue weighted by Gasteiger charge is 2.13. The van der Waals surface area contributed by atoms with Gasteiger partial charge in [-0.25, -0.2) is 4.98 Å². The second-order valence-electron chi connectivity index (χ2n) is 4.09. The van der Waals surface area contributed by atoms with E-state index in [2.05, 4.69) is 10.1 Å². The van der Waals surface area contributed by atoms with Crippen LogP contribution in [-0.2, 0) is 7.05 Å². The molecule has 2 aromatic heterocycles. The molecule has 18 heavy (non-hydrogen) atoms. The molecule has 0 saturated carbocycles. The summed E-state index contributed by atoms with van der Waals surface area (Å²) in [6, 6.07) is 13.0. The topological polar surface area (TPSA) is 47.8 Å². The lowest BCUT2D eigenvalue weighted by molar-refractivity contribution is 0.102. The van der Waals surface area contributed by atoms with Gasteiger partial charge in [-0.1, -0.05) is 24.3 Å².